The molecule has 0 saturated heterocycles. The molecule has 0 unspecified atom stereocenters. The van der Waals surface area contributed by atoms with E-state index in [0.717, 1.165) is 23.2 Å². The molecule has 0 fully saturated rings. The van der Waals surface area contributed by atoms with Gasteiger partial charge in [-0.3, -0.25) is 4.79 Å². The van der Waals surface area contributed by atoms with Crippen molar-refractivity contribution in [2.75, 3.05) is 18.4 Å². The van der Waals surface area contributed by atoms with E-state index in [1.54, 1.807) is 6.92 Å². The Kier molecular flexibility index (Phi) is 4.89. The summed E-state index contributed by atoms with van der Waals surface area (Å²) < 4.78 is 36.9. The molecule has 1 heterocycles. The van der Waals surface area contributed by atoms with Gasteiger partial charge in [0.05, 0.1) is 11.9 Å². The number of amides is 2. The molecule has 0 aliphatic rings. The number of halogens is 3. The number of hydrogen-bond donors (Lipinski definition) is 2. The number of carboxylic acid groups (broad SMARTS) is 1. The van der Waals surface area contributed by atoms with E-state index in [1.165, 1.54) is 0 Å². The minimum atomic E-state index is -4.55. The van der Waals surface area contributed by atoms with Crippen molar-refractivity contribution in [1.82, 2.24) is 9.88 Å². The third kappa shape index (κ3) is 4.41. The van der Waals surface area contributed by atoms with Gasteiger partial charge in [0.25, 0.3) is 0 Å². The van der Waals surface area contributed by atoms with Crippen molar-refractivity contribution in [3.05, 3.63) is 24.0 Å². The lowest BCUT2D eigenvalue weighted by atomic mass is 10.3. The fraction of sp³-hybridized carbons (Fsp3) is 0.364. The number of aromatic nitrogens is 1. The molecule has 0 aliphatic carbocycles. The summed E-state index contributed by atoms with van der Waals surface area (Å²) >= 11 is 0. The largest absolute Gasteiger partial charge is 0.480 e. The van der Waals surface area contributed by atoms with Gasteiger partial charge in [-0.25, -0.2) is 9.78 Å². The molecule has 1 aromatic heterocycles. The van der Waals surface area contributed by atoms with Crippen LogP contribution < -0.4 is 5.32 Å². The third-order valence-electron chi connectivity index (χ3n) is 2.30. The molecule has 2 N–H and O–H groups in total. The van der Waals surface area contributed by atoms with Crippen LogP contribution in [0, 0.1) is 0 Å². The molecule has 0 spiro atoms. The number of rotatable bonds is 4. The van der Waals surface area contributed by atoms with Crippen LogP contribution in [0.5, 0.6) is 0 Å². The molecule has 6 nitrogen and oxygen atoms in total. The molecule has 0 radical (unpaired) electrons. The van der Waals surface area contributed by atoms with Crippen LogP contribution in [0.25, 0.3) is 0 Å². The fourth-order valence-electron chi connectivity index (χ4n) is 1.33. The second-order valence-corrected chi connectivity index (χ2v) is 3.77. The lowest BCUT2D eigenvalue weighted by Gasteiger charge is -2.19. The van der Waals surface area contributed by atoms with E-state index >= 15 is 0 Å². The zero-order valence-corrected chi connectivity index (χ0v) is 10.4. The van der Waals surface area contributed by atoms with Gasteiger partial charge in [-0.1, -0.05) is 0 Å². The first-order valence-corrected chi connectivity index (χ1v) is 5.55. The van der Waals surface area contributed by atoms with Crippen LogP contribution in [0.4, 0.5) is 23.7 Å². The van der Waals surface area contributed by atoms with Crippen molar-refractivity contribution < 1.29 is 27.9 Å². The summed E-state index contributed by atoms with van der Waals surface area (Å²) in [6, 6.07) is 1.04. The highest BCUT2D eigenvalue weighted by Crippen LogP contribution is 2.27. The van der Waals surface area contributed by atoms with E-state index < -0.39 is 30.4 Å². The highest BCUT2D eigenvalue weighted by Gasteiger charge is 2.32. The maximum Gasteiger partial charge on any atom is 0.433 e. The van der Waals surface area contributed by atoms with E-state index in [1.807, 2.05) is 0 Å². The molecule has 1 rings (SSSR count). The standard InChI is InChI=1S/C11H12F3N3O3/c1-2-17(6-9(18)19)10(20)16-7-3-4-8(15-5-7)11(12,13)14/h3-5H,2,6H2,1H3,(H,16,20)(H,18,19). The Labute approximate surface area is 112 Å². The summed E-state index contributed by atoms with van der Waals surface area (Å²) in [5.74, 6) is -1.19. The summed E-state index contributed by atoms with van der Waals surface area (Å²) in [5.41, 5.74) is -1.03. The topological polar surface area (TPSA) is 82.5 Å². The molecule has 0 bridgehead atoms. The maximum atomic E-state index is 12.3. The van der Waals surface area contributed by atoms with Gasteiger partial charge in [-0.2, -0.15) is 13.2 Å². The number of alkyl halides is 3. The van der Waals surface area contributed by atoms with Crippen LogP contribution in [0.1, 0.15) is 12.6 Å². The fourth-order valence-corrected chi connectivity index (χ4v) is 1.33. The van der Waals surface area contributed by atoms with Gasteiger partial charge in [0.15, 0.2) is 0 Å². The van der Waals surface area contributed by atoms with Crippen LogP contribution >= 0.6 is 0 Å². The lowest BCUT2D eigenvalue weighted by Crippen LogP contribution is -2.38. The maximum absolute atomic E-state index is 12.3. The Bertz CT molecular complexity index is 488. The second-order valence-electron chi connectivity index (χ2n) is 3.77. The SMILES string of the molecule is CCN(CC(=O)O)C(=O)Nc1ccc(C(F)(F)F)nc1. The molecule has 9 heteroatoms. The van der Waals surface area contributed by atoms with Crippen LogP contribution in [-0.4, -0.2) is 40.1 Å². The minimum Gasteiger partial charge on any atom is -0.480 e. The number of anilines is 1. The number of likely N-dealkylation sites (N-methyl/N-ethyl adjacent to an activating group) is 1. The van der Waals surface area contributed by atoms with Gasteiger partial charge in [0.1, 0.15) is 12.2 Å². The quantitative estimate of drug-likeness (QED) is 0.889. The third-order valence-corrected chi connectivity index (χ3v) is 2.30. The smallest absolute Gasteiger partial charge is 0.433 e. The number of carbonyl (C=O) groups excluding carboxylic acids is 1. The zero-order valence-electron chi connectivity index (χ0n) is 10.4. The molecule has 0 aliphatic heterocycles. The van der Waals surface area contributed by atoms with Crippen molar-refractivity contribution in [1.29, 1.82) is 0 Å². The number of urea groups is 1. The number of nitrogens with one attached hydrogen (secondary N) is 1. The van der Waals surface area contributed by atoms with Crippen molar-refractivity contribution in [3.8, 4) is 0 Å². The minimum absolute atomic E-state index is 0.0480. The van der Waals surface area contributed by atoms with Gasteiger partial charge in [0.2, 0.25) is 0 Å². The van der Waals surface area contributed by atoms with Crippen LogP contribution in [0.2, 0.25) is 0 Å². The van der Waals surface area contributed by atoms with Crippen LogP contribution in [0.15, 0.2) is 18.3 Å². The van der Waals surface area contributed by atoms with Crippen LogP contribution in [-0.2, 0) is 11.0 Å². The van der Waals surface area contributed by atoms with Crippen LogP contribution in [0.3, 0.4) is 0 Å². The van der Waals surface area contributed by atoms with Gasteiger partial charge in [0, 0.05) is 6.54 Å². The number of pyridine rings is 1. The molecule has 110 valence electrons. The molecular formula is C11H12F3N3O3. The van der Waals surface area contributed by atoms with E-state index in [0.29, 0.717) is 0 Å². The molecule has 2 amide bonds. The average molecular weight is 291 g/mol. The summed E-state index contributed by atoms with van der Waals surface area (Å²) in [6.07, 6.45) is -3.70. The number of carboxylic acids is 1. The first-order valence-electron chi connectivity index (χ1n) is 5.55. The summed E-state index contributed by atoms with van der Waals surface area (Å²) in [4.78, 5) is 26.3. The van der Waals surface area contributed by atoms with Gasteiger partial charge in [-0.05, 0) is 19.1 Å². The van der Waals surface area contributed by atoms with Gasteiger partial charge in [-0.15, -0.1) is 0 Å². The number of hydrogen-bond acceptors (Lipinski definition) is 3. The Hall–Kier alpha value is -2.32. The predicted molar refractivity (Wildman–Crippen MR) is 63.1 cm³/mol. The van der Waals surface area contributed by atoms with E-state index in [2.05, 4.69) is 10.3 Å². The second kappa shape index (κ2) is 6.22. The molecule has 0 saturated carbocycles. The van der Waals surface area contributed by atoms with Gasteiger partial charge < -0.3 is 15.3 Å². The average Bonchev–Trinajstić information content (AvgIpc) is 2.35. The van der Waals surface area contributed by atoms with Gasteiger partial charge >= 0.3 is 18.2 Å². The normalized spacial score (nSPS) is 11.0. The van der Waals surface area contributed by atoms with E-state index in [-0.39, 0.29) is 12.2 Å². The summed E-state index contributed by atoms with van der Waals surface area (Å²) in [5, 5.41) is 10.9. The van der Waals surface area contributed by atoms with Crippen molar-refractivity contribution in [2.24, 2.45) is 0 Å². The van der Waals surface area contributed by atoms with Crippen molar-refractivity contribution >= 4 is 17.7 Å². The lowest BCUT2D eigenvalue weighted by molar-refractivity contribution is -0.141. The van der Waals surface area contributed by atoms with Crippen molar-refractivity contribution in [2.45, 2.75) is 13.1 Å². The molecule has 1 aromatic rings. The molecular weight excluding hydrogens is 279 g/mol. The van der Waals surface area contributed by atoms with E-state index in [4.69, 9.17) is 5.11 Å². The molecule has 0 aromatic carbocycles. The monoisotopic (exact) mass is 291 g/mol. The molecule has 20 heavy (non-hydrogen) atoms. The first kappa shape index (κ1) is 15.7. The number of aliphatic carboxylic acids is 1. The van der Waals surface area contributed by atoms with Crippen molar-refractivity contribution in [3.63, 3.8) is 0 Å². The summed E-state index contributed by atoms with van der Waals surface area (Å²) in [6.45, 7) is 1.22. The van der Waals surface area contributed by atoms with E-state index in [9.17, 15) is 22.8 Å². The first-order chi connectivity index (χ1) is 9.24. The Balaban J connectivity index is 2.73. The number of nitrogens with zero attached hydrogens (tertiary/aromatic N) is 2. The highest BCUT2D eigenvalue weighted by molar-refractivity contribution is 5.91. The summed E-state index contributed by atoms with van der Waals surface area (Å²) in [7, 11) is 0. The Morgan fingerprint density at radius 3 is 2.45 bits per heavy atom. The Morgan fingerprint density at radius 2 is 2.05 bits per heavy atom. The Morgan fingerprint density at radius 1 is 1.40 bits per heavy atom. The molecule has 0 atom stereocenters. The highest BCUT2D eigenvalue weighted by atomic mass is 19.4. The number of carbonyl (C=O) groups is 2. The predicted octanol–water partition coefficient (Wildman–Crippen LogP) is 2.04. The zero-order chi connectivity index (χ0) is 15.3.